The molecule has 1 atom stereocenters. The summed E-state index contributed by atoms with van der Waals surface area (Å²) in [5.74, 6) is 0.236. The Balaban J connectivity index is 1.83. The lowest BCUT2D eigenvalue weighted by molar-refractivity contribution is 0.163. The van der Waals surface area contributed by atoms with Crippen LogP contribution in [0.15, 0.2) is 49.1 Å². The number of aryl methyl sites for hydroxylation is 1. The highest BCUT2D eigenvalue weighted by molar-refractivity contribution is 5.27. The predicted octanol–water partition coefficient (Wildman–Crippen LogP) is 2.64. The van der Waals surface area contributed by atoms with Crippen molar-refractivity contribution in [2.24, 2.45) is 5.92 Å². The maximum atomic E-state index is 9.50. The zero-order valence-corrected chi connectivity index (χ0v) is 15.7. The van der Waals surface area contributed by atoms with Crippen LogP contribution in [0, 0.1) is 19.8 Å². The Bertz CT molecular complexity index is 810. The number of aliphatic hydroxyl groups is 1. The molecule has 6 heteroatoms. The maximum absolute atomic E-state index is 9.50. The first-order valence-electron chi connectivity index (χ1n) is 8.98. The quantitative estimate of drug-likeness (QED) is 0.676. The smallest absolute Gasteiger partial charge is 0.139 e. The molecule has 0 saturated carbocycles. The molecule has 1 N–H and O–H groups in total. The lowest BCUT2D eigenvalue weighted by Gasteiger charge is -2.25. The molecule has 0 aliphatic carbocycles. The zero-order valence-electron chi connectivity index (χ0n) is 15.7. The van der Waals surface area contributed by atoms with Crippen LogP contribution in [0.4, 0.5) is 0 Å². The molecule has 0 radical (unpaired) electrons. The highest BCUT2D eigenvalue weighted by Crippen LogP contribution is 2.19. The second kappa shape index (κ2) is 8.29. The van der Waals surface area contributed by atoms with Crippen LogP contribution in [0.3, 0.4) is 0 Å². The monoisotopic (exact) mass is 353 g/mol. The van der Waals surface area contributed by atoms with E-state index in [4.69, 9.17) is 0 Å². The highest BCUT2D eigenvalue weighted by atomic mass is 16.3. The normalized spacial score (nSPS) is 12.7. The Morgan fingerprint density at radius 3 is 2.42 bits per heavy atom. The number of nitrogens with zero attached hydrogens (tertiary/aromatic N) is 5. The fraction of sp³-hybridized carbons (Fsp3) is 0.400. The van der Waals surface area contributed by atoms with E-state index < -0.39 is 0 Å². The first-order chi connectivity index (χ1) is 12.6. The minimum absolute atomic E-state index is 0.199. The van der Waals surface area contributed by atoms with Gasteiger partial charge in [0.2, 0.25) is 0 Å². The van der Waals surface area contributed by atoms with Gasteiger partial charge in [0.1, 0.15) is 12.7 Å². The molecule has 6 nitrogen and oxygen atoms in total. The van der Waals surface area contributed by atoms with Gasteiger partial charge in [0, 0.05) is 37.6 Å². The summed E-state index contributed by atoms with van der Waals surface area (Å²) in [7, 11) is 0. The molecular formula is C20H27N5O. The van der Waals surface area contributed by atoms with Crippen LogP contribution in [0.2, 0.25) is 0 Å². The number of hydrogen-bond acceptors (Lipinski definition) is 4. The van der Waals surface area contributed by atoms with Gasteiger partial charge in [0.15, 0.2) is 0 Å². The first-order valence-corrected chi connectivity index (χ1v) is 8.98. The largest absolute Gasteiger partial charge is 0.396 e. The molecule has 3 rings (SSSR count). The van der Waals surface area contributed by atoms with E-state index in [1.54, 1.807) is 12.7 Å². The second-order valence-electron chi connectivity index (χ2n) is 6.99. The van der Waals surface area contributed by atoms with Gasteiger partial charge < -0.3 is 5.11 Å². The van der Waals surface area contributed by atoms with Crippen LogP contribution >= 0.6 is 0 Å². The van der Waals surface area contributed by atoms with E-state index in [9.17, 15) is 5.11 Å². The number of hydrogen-bond donors (Lipinski definition) is 1. The molecule has 0 unspecified atom stereocenters. The van der Waals surface area contributed by atoms with Gasteiger partial charge in [-0.05, 0) is 37.0 Å². The van der Waals surface area contributed by atoms with E-state index in [2.05, 4.69) is 70.9 Å². The SMILES string of the molecule is Cc1cc(CN(Cc2ccccc2)C[C@@H](C)CO)c(C)n1-n1cnnc1. The number of aliphatic hydroxyl groups excluding tert-OH is 1. The van der Waals surface area contributed by atoms with E-state index in [-0.39, 0.29) is 12.5 Å². The molecule has 0 amide bonds. The lowest BCUT2D eigenvalue weighted by atomic mass is 10.1. The van der Waals surface area contributed by atoms with E-state index in [0.717, 1.165) is 25.3 Å². The zero-order chi connectivity index (χ0) is 18.5. The van der Waals surface area contributed by atoms with E-state index >= 15 is 0 Å². The van der Waals surface area contributed by atoms with E-state index in [0.29, 0.717) is 0 Å². The van der Waals surface area contributed by atoms with Crippen molar-refractivity contribution in [1.29, 1.82) is 0 Å². The number of rotatable bonds is 8. The van der Waals surface area contributed by atoms with Crippen LogP contribution in [0.25, 0.3) is 0 Å². The third-order valence-electron chi connectivity index (χ3n) is 4.66. The van der Waals surface area contributed by atoms with Gasteiger partial charge in [-0.3, -0.25) is 9.58 Å². The molecule has 1 aromatic carbocycles. The molecular weight excluding hydrogens is 326 g/mol. The number of benzene rings is 1. The van der Waals surface area contributed by atoms with Crippen molar-refractivity contribution >= 4 is 0 Å². The van der Waals surface area contributed by atoms with Gasteiger partial charge >= 0.3 is 0 Å². The second-order valence-corrected chi connectivity index (χ2v) is 6.99. The highest BCUT2D eigenvalue weighted by Gasteiger charge is 2.16. The first kappa shape index (κ1) is 18.4. The Morgan fingerprint density at radius 1 is 1.08 bits per heavy atom. The van der Waals surface area contributed by atoms with Crippen LogP contribution in [-0.4, -0.2) is 42.7 Å². The van der Waals surface area contributed by atoms with Gasteiger partial charge in [-0.1, -0.05) is 37.3 Å². The summed E-state index contributed by atoms with van der Waals surface area (Å²) in [5.41, 5.74) is 4.88. The molecule has 0 spiro atoms. The minimum Gasteiger partial charge on any atom is -0.396 e. The summed E-state index contributed by atoms with van der Waals surface area (Å²) in [6, 6.07) is 12.7. The minimum atomic E-state index is 0.199. The molecule has 0 aliphatic rings. The number of aromatic nitrogens is 4. The van der Waals surface area contributed by atoms with Crippen molar-refractivity contribution < 1.29 is 5.11 Å². The lowest BCUT2D eigenvalue weighted by Crippen LogP contribution is -2.29. The fourth-order valence-corrected chi connectivity index (χ4v) is 3.40. The van der Waals surface area contributed by atoms with Crippen molar-refractivity contribution in [3.63, 3.8) is 0 Å². The Morgan fingerprint density at radius 2 is 1.77 bits per heavy atom. The van der Waals surface area contributed by atoms with Crippen LogP contribution in [0.1, 0.15) is 29.4 Å². The topological polar surface area (TPSA) is 59.1 Å². The van der Waals surface area contributed by atoms with Crippen molar-refractivity contribution in [2.45, 2.75) is 33.9 Å². The van der Waals surface area contributed by atoms with Gasteiger partial charge in [-0.15, -0.1) is 10.2 Å². The molecule has 0 fully saturated rings. The average molecular weight is 353 g/mol. The summed E-state index contributed by atoms with van der Waals surface area (Å²) in [6.45, 7) is 9.04. The summed E-state index contributed by atoms with van der Waals surface area (Å²) in [6.07, 6.45) is 3.42. The Kier molecular flexibility index (Phi) is 5.85. The fourth-order valence-electron chi connectivity index (χ4n) is 3.40. The average Bonchev–Trinajstić information content (AvgIpc) is 3.24. The van der Waals surface area contributed by atoms with Gasteiger partial charge in [0.25, 0.3) is 0 Å². The van der Waals surface area contributed by atoms with Crippen molar-refractivity contribution in [3.05, 3.63) is 71.6 Å². The van der Waals surface area contributed by atoms with E-state index in [1.165, 1.54) is 16.8 Å². The molecule has 138 valence electrons. The molecule has 0 aliphatic heterocycles. The van der Waals surface area contributed by atoms with Crippen LogP contribution in [-0.2, 0) is 13.1 Å². The molecule has 2 aromatic heterocycles. The predicted molar refractivity (Wildman–Crippen MR) is 102 cm³/mol. The summed E-state index contributed by atoms with van der Waals surface area (Å²) < 4.78 is 4.01. The standard InChI is InChI=1S/C20H27N5O/c1-16(13-26)10-23(11-19-7-5-4-6-8-19)12-20-9-17(2)25(18(20)3)24-14-21-22-15-24/h4-9,14-16,26H,10-13H2,1-3H3/t16-/m1/s1. The van der Waals surface area contributed by atoms with Crippen LogP contribution < -0.4 is 0 Å². The van der Waals surface area contributed by atoms with Gasteiger partial charge in [-0.2, -0.15) is 0 Å². The summed E-state index contributed by atoms with van der Waals surface area (Å²) in [5, 5.41) is 17.3. The summed E-state index contributed by atoms with van der Waals surface area (Å²) in [4.78, 5) is 2.40. The van der Waals surface area contributed by atoms with Crippen molar-refractivity contribution in [2.75, 3.05) is 13.2 Å². The molecule has 3 aromatic rings. The van der Waals surface area contributed by atoms with Gasteiger partial charge in [0.05, 0.1) is 0 Å². The van der Waals surface area contributed by atoms with Crippen molar-refractivity contribution in [3.8, 4) is 0 Å². The molecule has 2 heterocycles. The maximum Gasteiger partial charge on any atom is 0.139 e. The van der Waals surface area contributed by atoms with Crippen molar-refractivity contribution in [1.82, 2.24) is 24.4 Å². The van der Waals surface area contributed by atoms with E-state index in [1.807, 2.05) is 10.7 Å². The molecule has 0 saturated heterocycles. The third-order valence-corrected chi connectivity index (χ3v) is 4.66. The van der Waals surface area contributed by atoms with Gasteiger partial charge in [-0.25, -0.2) is 4.68 Å². The third kappa shape index (κ3) is 4.20. The summed E-state index contributed by atoms with van der Waals surface area (Å²) >= 11 is 0. The molecule has 0 bridgehead atoms. The van der Waals surface area contributed by atoms with Crippen LogP contribution in [0.5, 0.6) is 0 Å². The Hall–Kier alpha value is -2.44. The Labute approximate surface area is 154 Å². The molecule has 26 heavy (non-hydrogen) atoms.